The lowest BCUT2D eigenvalue weighted by Crippen LogP contribution is -2.61. The Balaban J connectivity index is 2.07. The van der Waals surface area contributed by atoms with Crippen LogP contribution in [0.15, 0.2) is 0 Å². The van der Waals surface area contributed by atoms with E-state index in [1.165, 1.54) is 39.2 Å². The largest absolute Gasteiger partial charge is 0.468 e. The molecule has 1 atom stereocenters. The van der Waals surface area contributed by atoms with E-state index in [0.717, 1.165) is 25.9 Å². The molecule has 0 amide bonds. The summed E-state index contributed by atoms with van der Waals surface area (Å²) < 4.78 is 5.13. The van der Waals surface area contributed by atoms with E-state index in [4.69, 9.17) is 4.74 Å². The van der Waals surface area contributed by atoms with E-state index in [9.17, 15) is 4.79 Å². The third-order valence-electron chi connectivity index (χ3n) is 5.01. The molecular weight excluding hydrogens is 252 g/mol. The van der Waals surface area contributed by atoms with Crippen LogP contribution in [-0.4, -0.2) is 49.7 Å². The molecule has 116 valence electrons. The van der Waals surface area contributed by atoms with Crippen molar-refractivity contribution < 1.29 is 9.53 Å². The van der Waals surface area contributed by atoms with Gasteiger partial charge in [0.2, 0.25) is 0 Å². The van der Waals surface area contributed by atoms with Crippen LogP contribution in [0.5, 0.6) is 0 Å². The van der Waals surface area contributed by atoms with Crippen molar-refractivity contribution in [2.24, 2.45) is 5.92 Å². The molecule has 0 aromatic carbocycles. The van der Waals surface area contributed by atoms with Gasteiger partial charge in [-0.15, -0.1) is 0 Å². The first-order chi connectivity index (χ1) is 9.64. The minimum Gasteiger partial charge on any atom is -0.468 e. The van der Waals surface area contributed by atoms with Crippen molar-refractivity contribution in [3.63, 3.8) is 0 Å². The third kappa shape index (κ3) is 3.34. The molecule has 2 aliphatic rings. The number of methoxy groups -OCH3 is 1. The molecule has 0 spiro atoms. The summed E-state index contributed by atoms with van der Waals surface area (Å²) in [7, 11) is 3.69. The smallest absolute Gasteiger partial charge is 0.327 e. The van der Waals surface area contributed by atoms with E-state index in [1.54, 1.807) is 0 Å². The summed E-state index contributed by atoms with van der Waals surface area (Å²) in [6.07, 6.45) is 8.83. The Bertz CT molecular complexity index is 324. The Labute approximate surface area is 123 Å². The summed E-state index contributed by atoms with van der Waals surface area (Å²) >= 11 is 0. The first kappa shape index (κ1) is 15.8. The highest BCUT2D eigenvalue weighted by molar-refractivity contribution is 5.82. The molecule has 0 radical (unpaired) electrons. The summed E-state index contributed by atoms with van der Waals surface area (Å²) in [6, 6.07) is 0.630. The first-order valence-corrected chi connectivity index (χ1v) is 8.17. The Morgan fingerprint density at radius 2 is 1.90 bits per heavy atom. The topological polar surface area (TPSA) is 41.6 Å². The second-order valence-corrected chi connectivity index (χ2v) is 6.47. The molecular formula is C16H30N2O2. The molecule has 4 heteroatoms. The lowest BCUT2D eigenvalue weighted by molar-refractivity contribution is -0.151. The van der Waals surface area contributed by atoms with Gasteiger partial charge < -0.3 is 15.0 Å². The van der Waals surface area contributed by atoms with Crippen molar-refractivity contribution in [2.45, 2.75) is 63.5 Å². The van der Waals surface area contributed by atoms with E-state index in [-0.39, 0.29) is 5.97 Å². The fourth-order valence-electron chi connectivity index (χ4n) is 3.75. The van der Waals surface area contributed by atoms with Crippen LogP contribution >= 0.6 is 0 Å². The normalized spacial score (nSPS) is 23.6. The molecule has 1 N–H and O–H groups in total. The Morgan fingerprint density at radius 3 is 2.40 bits per heavy atom. The van der Waals surface area contributed by atoms with Crippen molar-refractivity contribution in [1.82, 2.24) is 10.2 Å². The molecule has 4 nitrogen and oxygen atoms in total. The van der Waals surface area contributed by atoms with Gasteiger partial charge in [-0.05, 0) is 45.2 Å². The molecule has 2 aliphatic carbocycles. The zero-order chi connectivity index (χ0) is 14.6. The lowest BCUT2D eigenvalue weighted by Gasteiger charge is -2.40. The van der Waals surface area contributed by atoms with Gasteiger partial charge >= 0.3 is 5.97 Å². The van der Waals surface area contributed by atoms with E-state index in [2.05, 4.69) is 24.2 Å². The summed E-state index contributed by atoms with van der Waals surface area (Å²) in [4.78, 5) is 14.8. The number of rotatable bonds is 7. The van der Waals surface area contributed by atoms with E-state index < -0.39 is 5.54 Å². The van der Waals surface area contributed by atoms with Gasteiger partial charge in [-0.25, -0.2) is 4.79 Å². The Morgan fingerprint density at radius 1 is 1.25 bits per heavy atom. The maximum Gasteiger partial charge on any atom is 0.327 e. The van der Waals surface area contributed by atoms with Crippen LogP contribution in [0.4, 0.5) is 0 Å². The van der Waals surface area contributed by atoms with Gasteiger partial charge in [-0.1, -0.05) is 26.2 Å². The van der Waals surface area contributed by atoms with Gasteiger partial charge in [0.15, 0.2) is 0 Å². The number of nitrogens with zero attached hydrogens (tertiary/aromatic N) is 1. The van der Waals surface area contributed by atoms with Crippen molar-refractivity contribution in [3.05, 3.63) is 0 Å². The van der Waals surface area contributed by atoms with Crippen molar-refractivity contribution in [1.29, 1.82) is 0 Å². The van der Waals surface area contributed by atoms with Crippen molar-refractivity contribution in [2.75, 3.05) is 27.2 Å². The zero-order valence-electron chi connectivity index (χ0n) is 13.3. The van der Waals surface area contributed by atoms with Crippen LogP contribution in [0.25, 0.3) is 0 Å². The predicted molar refractivity (Wildman–Crippen MR) is 80.7 cm³/mol. The number of ether oxygens (including phenoxy) is 1. The van der Waals surface area contributed by atoms with E-state index in [1.807, 2.05) is 0 Å². The maximum absolute atomic E-state index is 12.4. The average molecular weight is 282 g/mol. The molecule has 2 saturated carbocycles. The highest BCUT2D eigenvalue weighted by Gasteiger charge is 2.52. The number of nitrogens with one attached hydrogen (secondary N) is 1. The molecule has 1 unspecified atom stereocenters. The zero-order valence-corrected chi connectivity index (χ0v) is 13.3. The second kappa shape index (κ2) is 6.90. The molecule has 0 heterocycles. The Hall–Kier alpha value is -0.610. The summed E-state index contributed by atoms with van der Waals surface area (Å²) in [5.74, 6) is 0.366. The fraction of sp³-hybridized carbons (Fsp3) is 0.938. The monoisotopic (exact) mass is 282 g/mol. The molecule has 0 aromatic heterocycles. The lowest BCUT2D eigenvalue weighted by atomic mass is 9.89. The van der Waals surface area contributed by atoms with Gasteiger partial charge in [0.25, 0.3) is 0 Å². The van der Waals surface area contributed by atoms with E-state index in [0.29, 0.717) is 12.0 Å². The van der Waals surface area contributed by atoms with Gasteiger partial charge in [-0.2, -0.15) is 0 Å². The molecule has 0 bridgehead atoms. The highest BCUT2D eigenvalue weighted by atomic mass is 16.5. The summed E-state index contributed by atoms with van der Waals surface area (Å²) in [5, 5.41) is 3.46. The number of esters is 1. The van der Waals surface area contributed by atoms with Crippen molar-refractivity contribution >= 4 is 5.97 Å². The molecule has 20 heavy (non-hydrogen) atoms. The minimum atomic E-state index is -0.490. The summed E-state index contributed by atoms with van der Waals surface area (Å²) in [6.45, 7) is 3.66. The van der Waals surface area contributed by atoms with E-state index >= 15 is 0 Å². The van der Waals surface area contributed by atoms with Gasteiger partial charge in [0.1, 0.15) is 5.54 Å². The molecule has 2 rings (SSSR count). The number of carbonyl (C=O) groups is 1. The quantitative estimate of drug-likeness (QED) is 0.727. The summed E-state index contributed by atoms with van der Waals surface area (Å²) in [5.41, 5.74) is -0.490. The van der Waals surface area contributed by atoms with Crippen LogP contribution in [0, 0.1) is 5.92 Å². The SMILES string of the molecule is CCNC(CN(C)C1CCCCC1)(C(=O)OC)C1CC1. The molecule has 0 aromatic rings. The number of carbonyl (C=O) groups excluding carboxylic acids is 1. The molecule has 2 fully saturated rings. The maximum atomic E-state index is 12.4. The minimum absolute atomic E-state index is 0.0792. The molecule has 0 aliphatic heterocycles. The van der Waals surface area contributed by atoms with Gasteiger partial charge in [0.05, 0.1) is 7.11 Å². The van der Waals surface area contributed by atoms with Crippen LogP contribution in [0.1, 0.15) is 51.9 Å². The van der Waals surface area contributed by atoms with Gasteiger partial charge in [0, 0.05) is 12.6 Å². The predicted octanol–water partition coefficient (Wildman–Crippen LogP) is 2.18. The Kier molecular flexibility index (Phi) is 5.44. The first-order valence-electron chi connectivity index (χ1n) is 8.17. The fourth-order valence-corrected chi connectivity index (χ4v) is 3.75. The second-order valence-electron chi connectivity index (χ2n) is 6.47. The third-order valence-corrected chi connectivity index (χ3v) is 5.01. The van der Waals surface area contributed by atoms with Crippen LogP contribution in [0.2, 0.25) is 0 Å². The highest BCUT2D eigenvalue weighted by Crippen LogP contribution is 2.41. The van der Waals surface area contributed by atoms with Crippen LogP contribution in [-0.2, 0) is 9.53 Å². The number of hydrogen-bond donors (Lipinski definition) is 1. The van der Waals surface area contributed by atoms with Crippen LogP contribution < -0.4 is 5.32 Å². The van der Waals surface area contributed by atoms with Crippen LogP contribution in [0.3, 0.4) is 0 Å². The average Bonchev–Trinajstić information content (AvgIpc) is 3.31. The molecule has 0 saturated heterocycles. The standard InChI is InChI=1S/C16H30N2O2/c1-4-17-16(13-10-11-13,15(19)20-3)12-18(2)14-8-6-5-7-9-14/h13-14,17H,4-12H2,1-3H3. The number of hydrogen-bond acceptors (Lipinski definition) is 4. The number of likely N-dealkylation sites (N-methyl/N-ethyl adjacent to an activating group) is 2. The van der Waals surface area contributed by atoms with Crippen molar-refractivity contribution in [3.8, 4) is 0 Å². The van der Waals surface area contributed by atoms with Gasteiger partial charge in [-0.3, -0.25) is 0 Å².